The van der Waals surface area contributed by atoms with E-state index in [0.717, 1.165) is 6.54 Å². The summed E-state index contributed by atoms with van der Waals surface area (Å²) in [5.74, 6) is 1.09. The van der Waals surface area contributed by atoms with Crippen LogP contribution in [0.25, 0.3) is 0 Å². The molecule has 1 heterocycles. The number of carbonyl (C=O) groups is 1. The Labute approximate surface area is 77.9 Å². The molecule has 0 spiro atoms. The number of amides is 1. The standard InChI is InChI=1S/C8H15ClN2O/c1-6(4-10)11-5-7(3-9)2-8(11)12/h6-7H,2-5,10H2,1H3. The van der Waals surface area contributed by atoms with Gasteiger partial charge in [0.15, 0.2) is 0 Å². The minimum atomic E-state index is 0.158. The molecule has 0 aliphatic carbocycles. The monoisotopic (exact) mass is 190 g/mol. The molecule has 1 aliphatic rings. The Kier molecular flexibility index (Phi) is 3.35. The van der Waals surface area contributed by atoms with E-state index in [1.165, 1.54) is 0 Å². The lowest BCUT2D eigenvalue weighted by atomic mass is 10.1. The Morgan fingerprint density at radius 3 is 2.92 bits per heavy atom. The number of rotatable bonds is 3. The summed E-state index contributed by atoms with van der Waals surface area (Å²) in [4.78, 5) is 13.2. The fraction of sp³-hybridized carbons (Fsp3) is 0.875. The van der Waals surface area contributed by atoms with Crippen LogP contribution >= 0.6 is 11.6 Å². The van der Waals surface area contributed by atoms with E-state index in [2.05, 4.69) is 0 Å². The molecular weight excluding hydrogens is 176 g/mol. The van der Waals surface area contributed by atoms with Gasteiger partial charge in [-0.3, -0.25) is 4.79 Å². The second-order valence-electron chi connectivity index (χ2n) is 3.36. The number of hydrogen-bond donors (Lipinski definition) is 1. The average Bonchev–Trinajstić information content (AvgIpc) is 2.45. The van der Waals surface area contributed by atoms with Crippen molar-refractivity contribution >= 4 is 17.5 Å². The van der Waals surface area contributed by atoms with Crippen LogP contribution in [0.3, 0.4) is 0 Å². The smallest absolute Gasteiger partial charge is 0.223 e. The quantitative estimate of drug-likeness (QED) is 0.656. The van der Waals surface area contributed by atoms with Gasteiger partial charge in [-0.15, -0.1) is 11.6 Å². The second kappa shape index (κ2) is 4.10. The molecule has 0 aromatic carbocycles. The molecule has 2 atom stereocenters. The minimum absolute atomic E-state index is 0.158. The van der Waals surface area contributed by atoms with Crippen LogP contribution in [0, 0.1) is 5.92 Å². The van der Waals surface area contributed by atoms with Crippen LogP contribution in [-0.4, -0.2) is 35.8 Å². The van der Waals surface area contributed by atoms with Gasteiger partial charge in [-0.25, -0.2) is 0 Å². The normalized spacial score (nSPS) is 26.4. The molecule has 2 unspecified atom stereocenters. The SMILES string of the molecule is CC(CN)N1CC(CCl)CC1=O. The van der Waals surface area contributed by atoms with Crippen LogP contribution in [0.15, 0.2) is 0 Å². The Morgan fingerprint density at radius 1 is 1.83 bits per heavy atom. The Balaban J connectivity index is 2.51. The molecule has 70 valence electrons. The summed E-state index contributed by atoms with van der Waals surface area (Å²) in [5, 5.41) is 0. The first-order valence-electron chi connectivity index (χ1n) is 4.24. The number of nitrogens with two attached hydrogens (primary N) is 1. The van der Waals surface area contributed by atoms with Crippen LogP contribution in [0.2, 0.25) is 0 Å². The summed E-state index contributed by atoms with van der Waals surface area (Å²) >= 11 is 5.68. The molecule has 0 bridgehead atoms. The zero-order chi connectivity index (χ0) is 9.14. The lowest BCUT2D eigenvalue weighted by Gasteiger charge is -2.22. The van der Waals surface area contributed by atoms with Crippen LogP contribution < -0.4 is 5.73 Å². The first-order valence-corrected chi connectivity index (χ1v) is 4.78. The van der Waals surface area contributed by atoms with Crippen LogP contribution in [0.4, 0.5) is 0 Å². The van der Waals surface area contributed by atoms with Crippen LogP contribution in [-0.2, 0) is 4.79 Å². The van der Waals surface area contributed by atoms with Crippen molar-refractivity contribution in [2.45, 2.75) is 19.4 Å². The average molecular weight is 191 g/mol. The van der Waals surface area contributed by atoms with Crippen LogP contribution in [0.1, 0.15) is 13.3 Å². The maximum Gasteiger partial charge on any atom is 0.223 e. The summed E-state index contributed by atoms with van der Waals surface area (Å²) in [5.41, 5.74) is 5.47. The topological polar surface area (TPSA) is 46.3 Å². The summed E-state index contributed by atoms with van der Waals surface area (Å²) in [6.45, 7) is 3.27. The molecule has 1 rings (SSSR count). The molecule has 12 heavy (non-hydrogen) atoms. The fourth-order valence-corrected chi connectivity index (χ4v) is 1.67. The summed E-state index contributed by atoms with van der Waals surface area (Å²) in [7, 11) is 0. The van der Waals surface area contributed by atoms with Crippen molar-refractivity contribution in [2.75, 3.05) is 19.0 Å². The van der Waals surface area contributed by atoms with Gasteiger partial charge in [0.1, 0.15) is 0 Å². The van der Waals surface area contributed by atoms with Gasteiger partial charge in [0.05, 0.1) is 0 Å². The van der Waals surface area contributed by atoms with Gasteiger partial charge >= 0.3 is 0 Å². The zero-order valence-electron chi connectivity index (χ0n) is 7.29. The number of carbonyl (C=O) groups excluding carboxylic acids is 1. The third-order valence-corrected chi connectivity index (χ3v) is 2.77. The van der Waals surface area contributed by atoms with Crippen LogP contribution in [0.5, 0.6) is 0 Å². The molecule has 0 saturated carbocycles. The van der Waals surface area contributed by atoms with Gasteiger partial charge in [0.2, 0.25) is 5.91 Å². The Morgan fingerprint density at radius 2 is 2.50 bits per heavy atom. The largest absolute Gasteiger partial charge is 0.338 e. The summed E-state index contributed by atoms with van der Waals surface area (Å²) in [6.07, 6.45) is 0.591. The van der Waals surface area contributed by atoms with Crippen molar-refractivity contribution < 1.29 is 4.79 Å². The second-order valence-corrected chi connectivity index (χ2v) is 3.66. The third-order valence-electron chi connectivity index (χ3n) is 2.33. The van der Waals surface area contributed by atoms with Crippen molar-refractivity contribution in [2.24, 2.45) is 11.7 Å². The molecule has 1 saturated heterocycles. The molecule has 3 nitrogen and oxygen atoms in total. The van der Waals surface area contributed by atoms with Gasteiger partial charge in [-0.2, -0.15) is 0 Å². The summed E-state index contributed by atoms with van der Waals surface area (Å²) in [6, 6.07) is 0.158. The van der Waals surface area contributed by atoms with E-state index in [0.29, 0.717) is 24.8 Å². The molecule has 0 radical (unpaired) electrons. The molecule has 0 aromatic rings. The molecule has 1 amide bonds. The maximum atomic E-state index is 11.4. The maximum absolute atomic E-state index is 11.4. The van der Waals surface area contributed by atoms with E-state index in [9.17, 15) is 4.79 Å². The molecule has 4 heteroatoms. The highest BCUT2D eigenvalue weighted by molar-refractivity contribution is 6.18. The minimum Gasteiger partial charge on any atom is -0.338 e. The van der Waals surface area contributed by atoms with E-state index >= 15 is 0 Å². The van der Waals surface area contributed by atoms with Gasteiger partial charge in [-0.1, -0.05) is 0 Å². The lowest BCUT2D eigenvalue weighted by Crippen LogP contribution is -2.39. The number of likely N-dealkylation sites (tertiary alicyclic amines) is 1. The van der Waals surface area contributed by atoms with Crippen molar-refractivity contribution in [3.63, 3.8) is 0 Å². The first kappa shape index (κ1) is 9.81. The fourth-order valence-electron chi connectivity index (χ4n) is 1.47. The van der Waals surface area contributed by atoms with E-state index in [4.69, 9.17) is 17.3 Å². The molecule has 1 fully saturated rings. The van der Waals surface area contributed by atoms with Gasteiger partial charge in [-0.05, 0) is 12.8 Å². The molecular formula is C8H15ClN2O. The zero-order valence-corrected chi connectivity index (χ0v) is 8.05. The highest BCUT2D eigenvalue weighted by Gasteiger charge is 2.31. The number of hydrogen-bond acceptors (Lipinski definition) is 2. The predicted molar refractivity (Wildman–Crippen MR) is 49.1 cm³/mol. The Bertz CT molecular complexity index is 174. The third kappa shape index (κ3) is 1.90. The van der Waals surface area contributed by atoms with Gasteiger partial charge < -0.3 is 10.6 Å². The predicted octanol–water partition coefficient (Wildman–Crippen LogP) is 0.421. The molecule has 2 N–H and O–H groups in total. The van der Waals surface area contributed by atoms with Crippen molar-refractivity contribution in [1.82, 2.24) is 4.90 Å². The van der Waals surface area contributed by atoms with E-state index in [-0.39, 0.29) is 11.9 Å². The number of alkyl halides is 1. The highest BCUT2D eigenvalue weighted by atomic mass is 35.5. The Hall–Kier alpha value is -0.280. The van der Waals surface area contributed by atoms with E-state index in [1.54, 1.807) is 0 Å². The number of nitrogens with zero attached hydrogens (tertiary/aromatic N) is 1. The highest BCUT2D eigenvalue weighted by Crippen LogP contribution is 2.20. The molecule has 0 aromatic heterocycles. The van der Waals surface area contributed by atoms with Gasteiger partial charge in [0.25, 0.3) is 0 Å². The molecule has 1 aliphatic heterocycles. The van der Waals surface area contributed by atoms with Gasteiger partial charge in [0, 0.05) is 31.4 Å². The van der Waals surface area contributed by atoms with Crippen molar-refractivity contribution in [3.8, 4) is 0 Å². The first-order chi connectivity index (χ1) is 5.69. The van der Waals surface area contributed by atoms with Crippen molar-refractivity contribution in [1.29, 1.82) is 0 Å². The van der Waals surface area contributed by atoms with Crippen molar-refractivity contribution in [3.05, 3.63) is 0 Å². The van der Waals surface area contributed by atoms with E-state index < -0.39 is 0 Å². The van der Waals surface area contributed by atoms with E-state index in [1.807, 2.05) is 11.8 Å². The lowest BCUT2D eigenvalue weighted by molar-refractivity contribution is -0.129. The number of halogens is 1. The summed E-state index contributed by atoms with van der Waals surface area (Å²) < 4.78 is 0.